The summed E-state index contributed by atoms with van der Waals surface area (Å²) in [6, 6.07) is 14.1. The highest BCUT2D eigenvalue weighted by atomic mass is 79.9. The molecule has 0 saturated carbocycles. The predicted molar refractivity (Wildman–Crippen MR) is 104 cm³/mol. The summed E-state index contributed by atoms with van der Waals surface area (Å²) in [7, 11) is 0. The van der Waals surface area contributed by atoms with Crippen molar-refractivity contribution in [3.63, 3.8) is 0 Å². The molecule has 2 aromatic rings. The molecule has 1 fully saturated rings. The van der Waals surface area contributed by atoms with Gasteiger partial charge in [-0.05, 0) is 29.7 Å². The van der Waals surface area contributed by atoms with Gasteiger partial charge in [0.05, 0.1) is 25.3 Å². The lowest BCUT2D eigenvalue weighted by molar-refractivity contribution is -0.0342. The van der Waals surface area contributed by atoms with Gasteiger partial charge in [0.1, 0.15) is 12.4 Å². The van der Waals surface area contributed by atoms with Crippen LogP contribution in [0.15, 0.2) is 59.1 Å². The van der Waals surface area contributed by atoms with Crippen LogP contribution in [-0.4, -0.2) is 36.3 Å². The molecule has 0 N–H and O–H groups in total. The number of benzene rings is 2. The number of nitrogens with zero attached hydrogens (tertiary/aromatic N) is 1. The molecule has 0 spiro atoms. The number of ether oxygens (including phenoxy) is 2. The van der Waals surface area contributed by atoms with Crippen molar-refractivity contribution >= 4 is 27.6 Å². The van der Waals surface area contributed by atoms with E-state index in [1.807, 2.05) is 42.5 Å². The molecular formula is C21H19BrFNO3. The van der Waals surface area contributed by atoms with Crippen LogP contribution >= 0.6 is 15.9 Å². The number of halogens is 2. The number of carbonyl (C=O) groups excluding carboxylic acids is 1. The van der Waals surface area contributed by atoms with Gasteiger partial charge in [-0.25, -0.2) is 9.18 Å². The van der Waals surface area contributed by atoms with Crippen molar-refractivity contribution in [3.05, 3.63) is 76.0 Å². The molecule has 2 heterocycles. The van der Waals surface area contributed by atoms with Gasteiger partial charge >= 0.3 is 6.09 Å². The van der Waals surface area contributed by atoms with E-state index in [9.17, 15) is 9.18 Å². The summed E-state index contributed by atoms with van der Waals surface area (Å²) in [6.45, 7) is 1.03. The van der Waals surface area contributed by atoms with Crippen LogP contribution in [-0.2, 0) is 16.1 Å². The molecule has 2 unspecified atom stereocenters. The van der Waals surface area contributed by atoms with Gasteiger partial charge < -0.3 is 9.47 Å². The van der Waals surface area contributed by atoms with E-state index < -0.39 is 0 Å². The number of morpholine rings is 1. The third-order valence-electron chi connectivity index (χ3n) is 4.90. The summed E-state index contributed by atoms with van der Waals surface area (Å²) < 4.78 is 26.2. The van der Waals surface area contributed by atoms with E-state index in [0.717, 1.165) is 11.1 Å². The standard InChI is InChI=1S/C21H19BrFNO3/c22-18-7-4-8-19(23)20(18)15-9-16-12-26-13-17(10-15)24(16)21(25)27-11-14-5-2-1-3-6-14/h1-9,16-17H,10-13H2. The first-order valence-corrected chi connectivity index (χ1v) is 9.64. The average molecular weight is 432 g/mol. The van der Waals surface area contributed by atoms with Crippen molar-refractivity contribution in [2.75, 3.05) is 13.2 Å². The zero-order chi connectivity index (χ0) is 18.8. The highest BCUT2D eigenvalue weighted by Crippen LogP contribution is 2.37. The maximum Gasteiger partial charge on any atom is 0.411 e. The SMILES string of the molecule is O=C(OCc1ccccc1)N1C2C=C(c3c(F)cccc3Br)CC1COC2. The van der Waals surface area contributed by atoms with Gasteiger partial charge in [-0.3, -0.25) is 4.90 Å². The molecule has 27 heavy (non-hydrogen) atoms. The second-order valence-electron chi connectivity index (χ2n) is 6.70. The Bertz CT molecular complexity index is 851. The Kier molecular flexibility index (Phi) is 5.27. The highest BCUT2D eigenvalue weighted by molar-refractivity contribution is 9.10. The second kappa shape index (κ2) is 7.82. The fourth-order valence-corrected chi connectivity index (χ4v) is 4.26. The third-order valence-corrected chi connectivity index (χ3v) is 5.56. The van der Waals surface area contributed by atoms with E-state index in [4.69, 9.17) is 9.47 Å². The molecule has 140 valence electrons. The van der Waals surface area contributed by atoms with Gasteiger partial charge in [0, 0.05) is 10.0 Å². The fraction of sp³-hybridized carbons (Fsp3) is 0.286. The van der Waals surface area contributed by atoms with Gasteiger partial charge in [-0.2, -0.15) is 0 Å². The van der Waals surface area contributed by atoms with E-state index in [1.54, 1.807) is 11.0 Å². The van der Waals surface area contributed by atoms with E-state index in [-0.39, 0.29) is 30.6 Å². The minimum absolute atomic E-state index is 0.168. The predicted octanol–water partition coefficient (Wildman–Crippen LogP) is 4.78. The zero-order valence-corrected chi connectivity index (χ0v) is 16.2. The first-order chi connectivity index (χ1) is 13.1. The van der Waals surface area contributed by atoms with Crippen LogP contribution in [0.5, 0.6) is 0 Å². The summed E-state index contributed by atoms with van der Waals surface area (Å²) in [4.78, 5) is 14.4. The molecular weight excluding hydrogens is 413 g/mol. The molecule has 1 amide bonds. The van der Waals surface area contributed by atoms with Crippen molar-refractivity contribution < 1.29 is 18.7 Å². The molecule has 6 heteroatoms. The summed E-state index contributed by atoms with van der Waals surface area (Å²) >= 11 is 3.44. The van der Waals surface area contributed by atoms with Crippen molar-refractivity contribution in [3.8, 4) is 0 Å². The topological polar surface area (TPSA) is 38.8 Å². The maximum atomic E-state index is 14.4. The van der Waals surface area contributed by atoms with Crippen LogP contribution in [0.3, 0.4) is 0 Å². The Labute approximate surface area is 165 Å². The van der Waals surface area contributed by atoms with E-state index in [2.05, 4.69) is 15.9 Å². The van der Waals surface area contributed by atoms with Crippen LogP contribution in [0.1, 0.15) is 17.5 Å². The first kappa shape index (κ1) is 18.2. The van der Waals surface area contributed by atoms with Crippen molar-refractivity contribution in [1.29, 1.82) is 0 Å². The monoisotopic (exact) mass is 431 g/mol. The molecule has 0 radical (unpaired) electrons. The van der Waals surface area contributed by atoms with Crippen molar-refractivity contribution in [2.24, 2.45) is 0 Å². The Hall–Kier alpha value is -2.18. The second-order valence-corrected chi connectivity index (χ2v) is 7.55. The largest absolute Gasteiger partial charge is 0.445 e. The Morgan fingerprint density at radius 2 is 2.00 bits per heavy atom. The number of carbonyl (C=O) groups is 1. The molecule has 2 atom stereocenters. The fourth-order valence-electron chi connectivity index (χ4n) is 3.66. The minimum atomic E-state index is -0.361. The number of hydrogen-bond acceptors (Lipinski definition) is 3. The number of fused-ring (bicyclic) bond motifs is 2. The van der Waals surface area contributed by atoms with Gasteiger partial charge in [0.15, 0.2) is 0 Å². The third kappa shape index (κ3) is 3.77. The van der Waals surface area contributed by atoms with Gasteiger partial charge in [0.2, 0.25) is 0 Å². The molecule has 2 aliphatic heterocycles. The van der Waals surface area contributed by atoms with Crippen LogP contribution in [0.25, 0.3) is 5.57 Å². The lowest BCUT2D eigenvalue weighted by Crippen LogP contribution is -2.56. The molecule has 2 aromatic carbocycles. The van der Waals surface area contributed by atoms with Crippen molar-refractivity contribution in [1.82, 2.24) is 4.90 Å². The van der Waals surface area contributed by atoms with Gasteiger partial charge in [-0.1, -0.05) is 58.4 Å². The van der Waals surface area contributed by atoms with Crippen LogP contribution in [0.4, 0.5) is 9.18 Å². The summed E-state index contributed by atoms with van der Waals surface area (Å²) in [5.74, 6) is -0.269. The van der Waals surface area contributed by atoms with E-state index in [0.29, 0.717) is 29.7 Å². The number of amides is 1. The van der Waals surface area contributed by atoms with E-state index in [1.165, 1.54) is 6.07 Å². The number of rotatable bonds is 3. The molecule has 1 saturated heterocycles. The minimum Gasteiger partial charge on any atom is -0.445 e. The zero-order valence-electron chi connectivity index (χ0n) is 14.6. The summed E-state index contributed by atoms with van der Waals surface area (Å²) in [5.41, 5.74) is 2.40. The molecule has 2 bridgehead atoms. The Morgan fingerprint density at radius 3 is 2.74 bits per heavy atom. The normalized spacial score (nSPS) is 21.6. The van der Waals surface area contributed by atoms with Crippen LogP contribution < -0.4 is 0 Å². The lowest BCUT2D eigenvalue weighted by atomic mass is 9.90. The van der Waals surface area contributed by atoms with Crippen molar-refractivity contribution in [2.45, 2.75) is 25.1 Å². The summed E-state index contributed by atoms with van der Waals surface area (Å²) in [5, 5.41) is 0. The average Bonchev–Trinajstić information content (AvgIpc) is 2.66. The maximum absolute atomic E-state index is 14.4. The Balaban J connectivity index is 1.54. The molecule has 4 nitrogen and oxygen atoms in total. The van der Waals surface area contributed by atoms with Gasteiger partial charge in [-0.15, -0.1) is 0 Å². The van der Waals surface area contributed by atoms with Gasteiger partial charge in [0.25, 0.3) is 0 Å². The quantitative estimate of drug-likeness (QED) is 0.701. The van der Waals surface area contributed by atoms with Crippen LogP contribution in [0.2, 0.25) is 0 Å². The summed E-state index contributed by atoms with van der Waals surface area (Å²) in [6.07, 6.45) is 2.08. The smallest absolute Gasteiger partial charge is 0.411 e. The molecule has 4 rings (SSSR count). The highest BCUT2D eigenvalue weighted by Gasteiger charge is 2.39. The van der Waals surface area contributed by atoms with E-state index >= 15 is 0 Å². The Morgan fingerprint density at radius 1 is 1.19 bits per heavy atom. The molecule has 0 aliphatic carbocycles. The number of hydrogen-bond donors (Lipinski definition) is 0. The molecule has 2 aliphatic rings. The molecule has 0 aromatic heterocycles. The lowest BCUT2D eigenvalue weighted by Gasteiger charge is -2.43. The van der Waals surface area contributed by atoms with Crippen LogP contribution in [0, 0.1) is 5.82 Å². The first-order valence-electron chi connectivity index (χ1n) is 8.85.